The van der Waals surface area contributed by atoms with Crippen LogP contribution in [-0.4, -0.2) is 101 Å². The first kappa shape index (κ1) is 76.3. The Bertz CT molecular complexity index is 3420. The molecule has 518 valence electrons. The maximum Gasteiger partial charge on any atom is 0.343 e. The van der Waals surface area contributed by atoms with Gasteiger partial charge in [0.2, 0.25) is 0 Å². The van der Waals surface area contributed by atoms with Crippen molar-refractivity contribution in [2.45, 2.75) is 117 Å². The van der Waals surface area contributed by atoms with Crippen molar-refractivity contribution in [3.05, 3.63) is 205 Å². The van der Waals surface area contributed by atoms with Crippen molar-refractivity contribution < 1.29 is 95.2 Å². The number of unbranched alkanes of at least 4 members (excludes halogenated alkanes) is 12. The summed E-state index contributed by atoms with van der Waals surface area (Å²) in [7, 11) is 0. The quantitative estimate of drug-likeness (QED) is 0.0113. The lowest BCUT2D eigenvalue weighted by Crippen LogP contribution is -2.11. The second-order valence-electron chi connectivity index (χ2n) is 22.4. The van der Waals surface area contributed by atoms with Crippen LogP contribution in [0.4, 0.5) is 0 Å². The minimum Gasteiger partial charge on any atom is -0.490 e. The van der Waals surface area contributed by atoms with Crippen LogP contribution >= 0.6 is 0 Å². The maximum absolute atomic E-state index is 13.5. The number of carbonyl (C=O) groups is 8. The second kappa shape index (κ2) is 42.6. The van der Waals surface area contributed by atoms with Gasteiger partial charge in [0.05, 0.1) is 75.1 Å². The van der Waals surface area contributed by atoms with Gasteiger partial charge in [-0.05, 0) is 248 Å². The van der Waals surface area contributed by atoms with E-state index in [9.17, 15) is 38.4 Å². The standard InChI is InChI=1S/C78H86O20/c1-7-71(79)91-47-23-15-11-19-43-87-67-41-31-59(53-69(67)89-45-21-13-17-25-49-93-73(81)9-3)77(85)95-61-33-27-57(28-34-61)75(83)97-63-37-39-65(55(5)51-63)66-40-38-64(52-56(66)6)98-76(84)58-29-35-62(36-30-58)96-78(86)60-32-42-68(88-44-20-12-16-24-48-92-72(80)8-2)70(54-60)90-46-22-14-18-26-50-94-74(82)10-4/h7-10,27-42,51-54H,1-4,11-26,43-50H2,5-6H3. The molecule has 6 rings (SSSR count). The van der Waals surface area contributed by atoms with Crippen LogP contribution in [0.3, 0.4) is 0 Å². The van der Waals surface area contributed by atoms with E-state index < -0.39 is 47.8 Å². The molecular weight excluding hydrogens is 1260 g/mol. The van der Waals surface area contributed by atoms with E-state index in [0.717, 1.165) is 111 Å². The molecule has 6 aromatic carbocycles. The summed E-state index contributed by atoms with van der Waals surface area (Å²) >= 11 is 0. The van der Waals surface area contributed by atoms with Gasteiger partial charge in [0.25, 0.3) is 0 Å². The molecule has 98 heavy (non-hydrogen) atoms. The molecule has 0 radical (unpaired) electrons. The molecule has 0 aromatic heterocycles. The lowest BCUT2D eigenvalue weighted by molar-refractivity contribution is -0.138. The van der Waals surface area contributed by atoms with Crippen LogP contribution in [0, 0.1) is 13.8 Å². The molecule has 20 heteroatoms. The number of rotatable bonds is 45. The summed E-state index contributed by atoms with van der Waals surface area (Å²) in [5.41, 5.74) is 4.20. The fourth-order valence-electron chi connectivity index (χ4n) is 9.61. The third-order valence-electron chi connectivity index (χ3n) is 14.9. The highest BCUT2D eigenvalue weighted by atomic mass is 16.6. The molecule has 6 aromatic rings. The lowest BCUT2D eigenvalue weighted by atomic mass is 9.96. The minimum absolute atomic E-state index is 0.193. The van der Waals surface area contributed by atoms with E-state index in [-0.39, 0.29) is 33.8 Å². The Morgan fingerprint density at radius 2 is 0.520 bits per heavy atom. The monoisotopic (exact) mass is 1340 g/mol. The van der Waals surface area contributed by atoms with Crippen molar-refractivity contribution in [3.8, 4) is 57.1 Å². The SMILES string of the molecule is C=CC(=O)OCCCCCCOc1ccc(C(=O)Oc2ccc(C(=O)Oc3ccc(-c4ccc(OC(=O)c5ccc(OC(=O)c6ccc(OCCCCCCOC(=O)C=C)c(OCCCCCCOC(=O)C=C)c6)cc5)cc4C)c(C)c3)cc2)cc1OCCCCCCOC(=O)C=C. The van der Waals surface area contributed by atoms with E-state index in [4.69, 9.17) is 56.8 Å². The van der Waals surface area contributed by atoms with Crippen LogP contribution < -0.4 is 37.9 Å². The first-order valence-electron chi connectivity index (χ1n) is 32.8. The van der Waals surface area contributed by atoms with Gasteiger partial charge in [-0.25, -0.2) is 38.4 Å². The molecule has 0 spiro atoms. The summed E-state index contributed by atoms with van der Waals surface area (Å²) in [4.78, 5) is 98.9. The largest absolute Gasteiger partial charge is 0.490 e. The predicted octanol–water partition coefficient (Wildman–Crippen LogP) is 15.5. The zero-order chi connectivity index (χ0) is 70.3. The summed E-state index contributed by atoms with van der Waals surface area (Å²) in [6, 6.07) is 32.1. The van der Waals surface area contributed by atoms with E-state index in [1.54, 1.807) is 60.7 Å². The Labute approximate surface area is 572 Å². The summed E-state index contributed by atoms with van der Waals surface area (Å²) in [5.74, 6) is -1.71. The Balaban J connectivity index is 0.982. The topological polar surface area (TPSA) is 247 Å². The van der Waals surface area contributed by atoms with Crippen LogP contribution in [0.2, 0.25) is 0 Å². The minimum atomic E-state index is -0.656. The first-order valence-corrected chi connectivity index (χ1v) is 32.8. The molecule has 0 atom stereocenters. The third kappa shape index (κ3) is 27.2. The number of benzene rings is 6. The van der Waals surface area contributed by atoms with Gasteiger partial charge < -0.3 is 56.8 Å². The van der Waals surface area contributed by atoms with Crippen LogP contribution in [0.25, 0.3) is 11.1 Å². The summed E-state index contributed by atoms with van der Waals surface area (Å²) in [5, 5.41) is 0. The van der Waals surface area contributed by atoms with Gasteiger partial charge in [-0.15, -0.1) is 0 Å². The molecule has 0 amide bonds. The molecule has 0 N–H and O–H groups in total. The van der Waals surface area contributed by atoms with E-state index in [2.05, 4.69) is 26.3 Å². The molecule has 0 saturated heterocycles. The second-order valence-corrected chi connectivity index (χ2v) is 22.4. The van der Waals surface area contributed by atoms with Gasteiger partial charge in [0.1, 0.15) is 23.0 Å². The Morgan fingerprint density at radius 1 is 0.276 bits per heavy atom. The summed E-state index contributed by atoms with van der Waals surface area (Å²) < 4.78 is 67.5. The fourth-order valence-corrected chi connectivity index (χ4v) is 9.61. The number of carbonyl (C=O) groups excluding carboxylic acids is 8. The van der Waals surface area contributed by atoms with Gasteiger partial charge in [0, 0.05) is 24.3 Å². The highest BCUT2D eigenvalue weighted by molar-refractivity contribution is 5.95. The van der Waals surface area contributed by atoms with Crippen molar-refractivity contribution >= 4 is 47.8 Å². The predicted molar refractivity (Wildman–Crippen MR) is 367 cm³/mol. The number of hydrogen-bond donors (Lipinski definition) is 0. The van der Waals surface area contributed by atoms with E-state index in [1.165, 1.54) is 48.5 Å². The molecule has 20 nitrogen and oxygen atoms in total. The molecule has 0 bridgehead atoms. The van der Waals surface area contributed by atoms with E-state index in [1.807, 2.05) is 26.0 Å². The fraction of sp³-hybridized carbons (Fsp3) is 0.333. The molecule has 0 saturated carbocycles. The highest BCUT2D eigenvalue weighted by Gasteiger charge is 2.20. The van der Waals surface area contributed by atoms with Crippen molar-refractivity contribution in [1.82, 2.24) is 0 Å². The molecule has 0 heterocycles. The first-order chi connectivity index (χ1) is 47.6. The molecule has 0 aliphatic rings. The average molecular weight is 1340 g/mol. The lowest BCUT2D eigenvalue weighted by Gasteiger charge is -2.14. The number of aryl methyl sites for hydroxylation is 2. The average Bonchev–Trinajstić information content (AvgIpc) is 0.825. The van der Waals surface area contributed by atoms with Crippen LogP contribution in [0.15, 0.2) is 172 Å². The molecular formula is C78H86O20. The number of hydrogen-bond acceptors (Lipinski definition) is 20. The zero-order valence-corrected chi connectivity index (χ0v) is 55.8. The molecule has 0 unspecified atom stereocenters. The Hall–Kier alpha value is -10.8. The van der Waals surface area contributed by atoms with Crippen LogP contribution in [0.5, 0.6) is 46.0 Å². The van der Waals surface area contributed by atoms with Gasteiger partial charge in [-0.3, -0.25) is 0 Å². The summed E-state index contributed by atoms with van der Waals surface area (Å²) in [6.45, 7) is 20.1. The normalized spacial score (nSPS) is 10.6. The van der Waals surface area contributed by atoms with E-state index in [0.29, 0.717) is 126 Å². The van der Waals surface area contributed by atoms with Gasteiger partial charge >= 0.3 is 47.8 Å². The Morgan fingerprint density at radius 3 is 0.806 bits per heavy atom. The van der Waals surface area contributed by atoms with Gasteiger partial charge in [-0.1, -0.05) is 38.4 Å². The molecule has 0 fully saturated rings. The van der Waals surface area contributed by atoms with Crippen molar-refractivity contribution in [2.24, 2.45) is 0 Å². The van der Waals surface area contributed by atoms with Gasteiger partial charge in [0.15, 0.2) is 23.0 Å². The van der Waals surface area contributed by atoms with Crippen molar-refractivity contribution in [2.75, 3.05) is 52.9 Å². The van der Waals surface area contributed by atoms with E-state index >= 15 is 0 Å². The molecule has 0 aliphatic carbocycles. The van der Waals surface area contributed by atoms with Crippen molar-refractivity contribution in [1.29, 1.82) is 0 Å². The highest BCUT2D eigenvalue weighted by Crippen LogP contribution is 2.34. The van der Waals surface area contributed by atoms with Crippen LogP contribution in [-0.2, 0) is 38.1 Å². The van der Waals surface area contributed by atoms with Crippen molar-refractivity contribution in [3.63, 3.8) is 0 Å². The summed E-state index contributed by atoms with van der Waals surface area (Å²) in [6.07, 6.45) is 16.9. The Kier molecular flexibility index (Phi) is 33.2. The smallest absolute Gasteiger partial charge is 0.343 e. The maximum atomic E-state index is 13.5. The molecule has 0 aliphatic heterocycles. The van der Waals surface area contributed by atoms with Gasteiger partial charge in [-0.2, -0.15) is 0 Å². The third-order valence-corrected chi connectivity index (χ3v) is 14.9. The zero-order valence-electron chi connectivity index (χ0n) is 55.8. The van der Waals surface area contributed by atoms with Crippen LogP contribution in [0.1, 0.15) is 155 Å². The number of ether oxygens (including phenoxy) is 12. The number of esters is 8.